The molecule has 0 aliphatic heterocycles. The summed E-state index contributed by atoms with van der Waals surface area (Å²) in [6, 6.07) is 5.94. The summed E-state index contributed by atoms with van der Waals surface area (Å²) in [6.45, 7) is 0. The molecule has 0 heterocycles. The molecular weight excluding hydrogens is 298 g/mol. The van der Waals surface area contributed by atoms with Crippen molar-refractivity contribution in [3.05, 3.63) is 35.4 Å². The Balaban J connectivity index is 0.000000711. The van der Waals surface area contributed by atoms with E-state index in [-0.39, 0.29) is 18.1 Å². The van der Waals surface area contributed by atoms with Crippen molar-refractivity contribution in [1.29, 1.82) is 0 Å². The van der Waals surface area contributed by atoms with E-state index < -0.39 is 21.8 Å². The summed E-state index contributed by atoms with van der Waals surface area (Å²) in [5, 5.41) is 8.61. The highest BCUT2D eigenvalue weighted by molar-refractivity contribution is 7.51. The third-order valence-corrected chi connectivity index (χ3v) is 2.70. The molecule has 0 fully saturated rings. The second-order valence-electron chi connectivity index (χ2n) is 3.42. The zero-order valence-corrected chi connectivity index (χ0v) is 11.5. The highest BCUT2D eigenvalue weighted by Gasteiger charge is 2.12. The molecule has 0 unspecified atom stereocenters. The molecule has 0 saturated heterocycles. The first kappa shape index (κ1) is 18.0. The number of carboxylic acids is 1. The van der Waals surface area contributed by atoms with Crippen LogP contribution in [-0.2, 0) is 15.6 Å². The lowest BCUT2D eigenvalue weighted by Gasteiger charge is -2.03. The maximum Gasteiger partial charge on any atom is 0.335 e. The first-order valence-electron chi connectivity index (χ1n) is 4.90. The maximum atomic E-state index is 10.6. The topological polar surface area (TPSA) is 152 Å². The molecular formula is C9H14O8P2. The molecule has 0 aliphatic carbocycles. The van der Waals surface area contributed by atoms with Crippen LogP contribution in [0.5, 0.6) is 0 Å². The highest BCUT2D eigenvalue weighted by atomic mass is 31.2. The molecule has 5 N–H and O–H groups in total. The zero-order valence-electron chi connectivity index (χ0n) is 9.63. The fraction of sp³-hybridized carbons (Fsp3) is 0.222. The normalized spacial score (nSPS) is 10.8. The van der Waals surface area contributed by atoms with Crippen molar-refractivity contribution in [3.63, 3.8) is 0 Å². The Morgan fingerprint density at radius 1 is 1.16 bits per heavy atom. The molecule has 19 heavy (non-hydrogen) atoms. The van der Waals surface area contributed by atoms with E-state index in [0.717, 1.165) is 0 Å². The molecule has 0 saturated carbocycles. The van der Waals surface area contributed by atoms with Gasteiger partial charge in [0.05, 0.1) is 11.7 Å². The van der Waals surface area contributed by atoms with Gasteiger partial charge in [-0.05, 0) is 24.1 Å². The minimum Gasteiger partial charge on any atom is -0.478 e. The molecule has 0 radical (unpaired) electrons. The van der Waals surface area contributed by atoms with Gasteiger partial charge in [0.15, 0.2) is 0 Å². The molecule has 1 aromatic rings. The summed E-state index contributed by atoms with van der Waals surface area (Å²) in [7, 11) is -7.11. The van der Waals surface area contributed by atoms with Crippen LogP contribution in [0.4, 0.5) is 0 Å². The SMILES string of the molecule is O=C(O)c1ccc(CCP(=O)(O)O)cc1.O=[PH](O)O. The third kappa shape index (κ3) is 10.6. The van der Waals surface area contributed by atoms with Crippen LogP contribution >= 0.6 is 15.9 Å². The molecule has 0 atom stereocenters. The Morgan fingerprint density at radius 3 is 1.89 bits per heavy atom. The van der Waals surface area contributed by atoms with Crippen LogP contribution in [-0.4, -0.2) is 36.8 Å². The van der Waals surface area contributed by atoms with E-state index in [9.17, 15) is 9.36 Å². The van der Waals surface area contributed by atoms with Gasteiger partial charge in [0, 0.05) is 0 Å². The highest BCUT2D eigenvalue weighted by Crippen LogP contribution is 2.34. The predicted octanol–water partition coefficient (Wildman–Crippen LogP) is 0.466. The Kier molecular flexibility index (Phi) is 7.78. The van der Waals surface area contributed by atoms with Gasteiger partial charge >= 0.3 is 21.8 Å². The van der Waals surface area contributed by atoms with E-state index in [2.05, 4.69) is 0 Å². The van der Waals surface area contributed by atoms with Crippen molar-refractivity contribution in [3.8, 4) is 0 Å². The van der Waals surface area contributed by atoms with E-state index in [4.69, 9.17) is 29.2 Å². The van der Waals surface area contributed by atoms with E-state index in [1.54, 1.807) is 12.1 Å². The van der Waals surface area contributed by atoms with Crippen LogP contribution in [0.2, 0.25) is 0 Å². The van der Waals surface area contributed by atoms with Crippen LogP contribution < -0.4 is 0 Å². The molecule has 8 nitrogen and oxygen atoms in total. The van der Waals surface area contributed by atoms with Crippen molar-refractivity contribution in [2.45, 2.75) is 6.42 Å². The summed E-state index contributed by atoms with van der Waals surface area (Å²) in [5.41, 5.74) is 0.873. The summed E-state index contributed by atoms with van der Waals surface area (Å²) < 4.78 is 19.3. The monoisotopic (exact) mass is 312 g/mol. The Hall–Kier alpha value is -1.01. The number of benzene rings is 1. The number of carboxylic acid groups (broad SMARTS) is 1. The lowest BCUT2D eigenvalue weighted by molar-refractivity contribution is 0.0696. The van der Waals surface area contributed by atoms with Crippen molar-refractivity contribution < 1.29 is 38.6 Å². The molecule has 0 amide bonds. The number of hydrogen-bond donors (Lipinski definition) is 5. The van der Waals surface area contributed by atoms with Crippen LogP contribution in [0.3, 0.4) is 0 Å². The van der Waals surface area contributed by atoms with Crippen LogP contribution in [0.15, 0.2) is 24.3 Å². The smallest absolute Gasteiger partial charge is 0.335 e. The third-order valence-electron chi connectivity index (χ3n) is 1.89. The second-order valence-corrected chi connectivity index (χ2v) is 5.76. The Bertz CT molecular complexity index is 473. The lowest BCUT2D eigenvalue weighted by atomic mass is 10.1. The van der Waals surface area contributed by atoms with Crippen LogP contribution in [0.1, 0.15) is 15.9 Å². The van der Waals surface area contributed by atoms with E-state index >= 15 is 0 Å². The van der Waals surface area contributed by atoms with Gasteiger partial charge in [-0.15, -0.1) is 0 Å². The van der Waals surface area contributed by atoms with Gasteiger partial charge < -0.3 is 24.7 Å². The first-order valence-corrected chi connectivity index (χ1v) is 8.00. The van der Waals surface area contributed by atoms with Gasteiger partial charge in [0.25, 0.3) is 0 Å². The molecule has 0 aromatic heterocycles. The number of aromatic carboxylic acids is 1. The average molecular weight is 312 g/mol. The maximum absolute atomic E-state index is 10.6. The summed E-state index contributed by atoms with van der Waals surface area (Å²) in [5.74, 6) is -1.02. The molecule has 108 valence electrons. The predicted molar refractivity (Wildman–Crippen MR) is 67.5 cm³/mol. The van der Waals surface area contributed by atoms with Gasteiger partial charge in [0.1, 0.15) is 0 Å². The largest absolute Gasteiger partial charge is 0.478 e. The van der Waals surface area contributed by atoms with Gasteiger partial charge in [0.2, 0.25) is 0 Å². The number of rotatable bonds is 4. The number of hydrogen-bond acceptors (Lipinski definition) is 3. The molecule has 0 spiro atoms. The quantitative estimate of drug-likeness (QED) is 0.503. The second kappa shape index (κ2) is 8.22. The first-order chi connectivity index (χ1) is 8.61. The molecule has 10 heteroatoms. The minimum absolute atomic E-state index is 0.162. The minimum atomic E-state index is -3.98. The van der Waals surface area contributed by atoms with E-state index in [0.29, 0.717) is 5.56 Å². The molecule has 0 aliphatic rings. The number of aryl methyl sites for hydroxylation is 1. The van der Waals surface area contributed by atoms with E-state index in [1.807, 2.05) is 0 Å². The Morgan fingerprint density at radius 2 is 1.58 bits per heavy atom. The van der Waals surface area contributed by atoms with Crippen LogP contribution in [0, 0.1) is 0 Å². The van der Waals surface area contributed by atoms with Crippen molar-refractivity contribution in [2.75, 3.05) is 6.16 Å². The summed E-state index contributed by atoms with van der Waals surface area (Å²) in [6.07, 6.45) is 0.0175. The van der Waals surface area contributed by atoms with Gasteiger partial charge in [-0.1, -0.05) is 12.1 Å². The van der Waals surface area contributed by atoms with Crippen LogP contribution in [0.25, 0.3) is 0 Å². The summed E-state index contributed by atoms with van der Waals surface area (Å²) in [4.78, 5) is 42.1. The molecule has 1 rings (SSSR count). The Labute approximate surface area is 109 Å². The van der Waals surface area contributed by atoms with Crippen molar-refractivity contribution in [2.24, 2.45) is 0 Å². The lowest BCUT2D eigenvalue weighted by Crippen LogP contribution is -1.97. The molecule has 0 bridgehead atoms. The van der Waals surface area contributed by atoms with Gasteiger partial charge in [-0.25, -0.2) is 4.79 Å². The standard InChI is InChI=1S/C9H11O5P.H3O3P/c10-9(11)8-3-1-7(2-4-8)5-6-15(12,13)14;1-4(2)3/h1-4H,5-6H2,(H,10,11)(H2,12,13,14);4H,(H2,1,2,3). The fourth-order valence-electron chi connectivity index (χ4n) is 1.09. The van der Waals surface area contributed by atoms with Gasteiger partial charge in [-0.3, -0.25) is 9.13 Å². The average Bonchev–Trinajstić information content (AvgIpc) is 2.25. The fourth-order valence-corrected chi connectivity index (χ4v) is 1.64. The van der Waals surface area contributed by atoms with Crippen molar-refractivity contribution >= 4 is 21.8 Å². The molecule has 1 aromatic carbocycles. The summed E-state index contributed by atoms with van der Waals surface area (Å²) >= 11 is 0. The van der Waals surface area contributed by atoms with Crippen molar-refractivity contribution in [1.82, 2.24) is 0 Å². The van der Waals surface area contributed by atoms with E-state index in [1.165, 1.54) is 12.1 Å². The number of carbonyl (C=O) groups is 1. The zero-order chi connectivity index (χ0) is 15.1. The van der Waals surface area contributed by atoms with Gasteiger partial charge in [-0.2, -0.15) is 0 Å².